The molecule has 1 saturated heterocycles. The number of amides is 1. The van der Waals surface area contributed by atoms with Crippen molar-refractivity contribution in [2.45, 2.75) is 31.2 Å². The van der Waals surface area contributed by atoms with Gasteiger partial charge in [0, 0.05) is 32.7 Å². The molecule has 0 aromatic heterocycles. The van der Waals surface area contributed by atoms with Crippen LogP contribution in [0.4, 0.5) is 0 Å². The zero-order valence-corrected chi connectivity index (χ0v) is 17.9. The monoisotopic (exact) mass is 415 g/mol. The largest absolute Gasteiger partial charge is 0.354 e. The van der Waals surface area contributed by atoms with Gasteiger partial charge >= 0.3 is 0 Å². The van der Waals surface area contributed by atoms with Crippen LogP contribution in [0, 0.1) is 6.92 Å². The molecule has 1 fully saturated rings. The number of hydrogen-bond donors (Lipinski definition) is 1. The van der Waals surface area contributed by atoms with Crippen molar-refractivity contribution in [1.82, 2.24) is 14.5 Å². The Kier molecular flexibility index (Phi) is 7.05. The first kappa shape index (κ1) is 21.5. The second-order valence-corrected chi connectivity index (χ2v) is 9.39. The number of benzene rings is 2. The topological polar surface area (TPSA) is 69.7 Å². The molecule has 3 rings (SSSR count). The Morgan fingerprint density at radius 1 is 1.00 bits per heavy atom. The second kappa shape index (κ2) is 9.52. The molecule has 1 atom stereocenters. The van der Waals surface area contributed by atoms with Gasteiger partial charge in [0.1, 0.15) is 0 Å². The maximum atomic E-state index is 12.8. The van der Waals surface area contributed by atoms with Gasteiger partial charge in [-0.25, -0.2) is 8.42 Å². The number of piperazine rings is 1. The molecule has 0 aliphatic carbocycles. The molecule has 156 valence electrons. The fourth-order valence-corrected chi connectivity index (χ4v) is 4.90. The van der Waals surface area contributed by atoms with Crippen LogP contribution >= 0.6 is 0 Å². The van der Waals surface area contributed by atoms with Crippen molar-refractivity contribution in [2.24, 2.45) is 0 Å². The lowest BCUT2D eigenvalue weighted by molar-refractivity contribution is -0.126. The van der Waals surface area contributed by atoms with Crippen molar-refractivity contribution in [2.75, 3.05) is 32.7 Å². The minimum Gasteiger partial charge on any atom is -0.354 e. The summed E-state index contributed by atoms with van der Waals surface area (Å²) < 4.78 is 27.1. The summed E-state index contributed by atoms with van der Waals surface area (Å²) in [5.41, 5.74) is 2.22. The number of carbonyl (C=O) groups excluding carboxylic acids is 1. The van der Waals surface area contributed by atoms with Crippen molar-refractivity contribution in [3.8, 4) is 0 Å². The van der Waals surface area contributed by atoms with Crippen molar-refractivity contribution >= 4 is 15.9 Å². The maximum Gasteiger partial charge on any atom is 0.243 e. The van der Waals surface area contributed by atoms with E-state index in [1.54, 1.807) is 12.1 Å². The summed E-state index contributed by atoms with van der Waals surface area (Å²) in [7, 11) is -3.49. The molecule has 2 aromatic carbocycles. The van der Waals surface area contributed by atoms with E-state index in [0.717, 1.165) is 12.0 Å². The van der Waals surface area contributed by atoms with E-state index < -0.39 is 10.0 Å². The van der Waals surface area contributed by atoms with Gasteiger partial charge in [-0.2, -0.15) is 4.31 Å². The molecule has 1 aliphatic rings. The Bertz CT molecular complexity index is 906. The normalized spacial score (nSPS) is 17.0. The summed E-state index contributed by atoms with van der Waals surface area (Å²) in [5, 5.41) is 2.99. The van der Waals surface area contributed by atoms with Crippen molar-refractivity contribution in [3.05, 3.63) is 65.7 Å². The number of sulfonamides is 1. The van der Waals surface area contributed by atoms with E-state index in [1.165, 1.54) is 9.87 Å². The molecule has 7 heteroatoms. The van der Waals surface area contributed by atoms with E-state index >= 15 is 0 Å². The highest BCUT2D eigenvalue weighted by atomic mass is 32.2. The molecule has 0 spiro atoms. The molecule has 1 aliphatic heterocycles. The first-order valence-corrected chi connectivity index (χ1v) is 11.4. The lowest BCUT2D eigenvalue weighted by Crippen LogP contribution is -2.55. The summed E-state index contributed by atoms with van der Waals surface area (Å²) >= 11 is 0. The third-order valence-electron chi connectivity index (χ3n) is 5.41. The van der Waals surface area contributed by atoms with Gasteiger partial charge < -0.3 is 5.32 Å². The van der Waals surface area contributed by atoms with Gasteiger partial charge in [-0.3, -0.25) is 9.69 Å². The van der Waals surface area contributed by atoms with Crippen LogP contribution in [-0.4, -0.2) is 62.3 Å². The molecule has 0 saturated carbocycles. The van der Waals surface area contributed by atoms with E-state index in [4.69, 9.17) is 0 Å². The molecule has 1 heterocycles. The van der Waals surface area contributed by atoms with Crippen LogP contribution in [0.15, 0.2) is 59.5 Å². The van der Waals surface area contributed by atoms with Gasteiger partial charge in [0.15, 0.2) is 0 Å². The highest BCUT2D eigenvalue weighted by Gasteiger charge is 2.31. The van der Waals surface area contributed by atoms with Gasteiger partial charge in [0.2, 0.25) is 15.9 Å². The minimum absolute atomic E-state index is 0.0178. The summed E-state index contributed by atoms with van der Waals surface area (Å²) in [6, 6.07) is 16.7. The number of hydrogen-bond acceptors (Lipinski definition) is 4. The van der Waals surface area contributed by atoms with Crippen LogP contribution in [0.1, 0.15) is 18.1 Å². The summed E-state index contributed by atoms with van der Waals surface area (Å²) in [4.78, 5) is 14.8. The van der Waals surface area contributed by atoms with Gasteiger partial charge in [0.25, 0.3) is 0 Å². The van der Waals surface area contributed by atoms with Crippen LogP contribution in [0.5, 0.6) is 0 Å². The summed E-state index contributed by atoms with van der Waals surface area (Å²) in [6.45, 7) is 6.25. The van der Waals surface area contributed by atoms with Crippen LogP contribution in [0.25, 0.3) is 0 Å². The Morgan fingerprint density at radius 3 is 2.24 bits per heavy atom. The first-order valence-electron chi connectivity index (χ1n) is 10.0. The van der Waals surface area contributed by atoms with Crippen molar-refractivity contribution < 1.29 is 13.2 Å². The average molecular weight is 416 g/mol. The number of rotatable bonds is 7. The molecular formula is C22H29N3O3S. The molecule has 0 unspecified atom stereocenters. The average Bonchev–Trinajstić information content (AvgIpc) is 2.74. The Labute approximate surface area is 173 Å². The predicted molar refractivity (Wildman–Crippen MR) is 114 cm³/mol. The van der Waals surface area contributed by atoms with Crippen LogP contribution in [0.3, 0.4) is 0 Å². The molecular weight excluding hydrogens is 386 g/mol. The highest BCUT2D eigenvalue weighted by molar-refractivity contribution is 7.89. The van der Waals surface area contributed by atoms with Crippen molar-refractivity contribution in [3.63, 3.8) is 0 Å². The van der Waals surface area contributed by atoms with E-state index in [2.05, 4.69) is 5.32 Å². The number of nitrogens with one attached hydrogen (secondary N) is 1. The molecule has 29 heavy (non-hydrogen) atoms. The molecule has 1 amide bonds. The molecule has 6 nitrogen and oxygen atoms in total. The predicted octanol–water partition coefficient (Wildman–Crippen LogP) is 2.05. The van der Waals surface area contributed by atoms with E-state index in [9.17, 15) is 13.2 Å². The van der Waals surface area contributed by atoms with Crippen LogP contribution < -0.4 is 5.32 Å². The molecule has 2 aromatic rings. The fraction of sp³-hybridized carbons (Fsp3) is 0.409. The highest BCUT2D eigenvalue weighted by Crippen LogP contribution is 2.19. The SMILES string of the molecule is Cc1ccc(S(=O)(=O)N2CCN([C@H](C)C(=O)NCCc3ccccc3)CC2)cc1. The van der Waals surface area contributed by atoms with E-state index in [-0.39, 0.29) is 11.9 Å². The fourth-order valence-electron chi connectivity index (χ4n) is 3.48. The second-order valence-electron chi connectivity index (χ2n) is 7.46. The number of carbonyl (C=O) groups is 1. The van der Waals surface area contributed by atoms with Crippen molar-refractivity contribution in [1.29, 1.82) is 0 Å². The van der Waals surface area contributed by atoms with Gasteiger partial charge in [-0.15, -0.1) is 0 Å². The summed E-state index contributed by atoms with van der Waals surface area (Å²) in [6.07, 6.45) is 0.794. The molecule has 0 radical (unpaired) electrons. The van der Waals surface area contributed by atoms with E-state index in [0.29, 0.717) is 37.6 Å². The zero-order valence-electron chi connectivity index (χ0n) is 17.0. The lowest BCUT2D eigenvalue weighted by atomic mass is 10.1. The summed E-state index contributed by atoms with van der Waals surface area (Å²) in [5.74, 6) is -0.0178. The molecule has 1 N–H and O–H groups in total. The van der Waals surface area contributed by atoms with Gasteiger partial charge in [-0.1, -0.05) is 48.0 Å². The quantitative estimate of drug-likeness (QED) is 0.751. The minimum atomic E-state index is -3.49. The standard InChI is InChI=1S/C22H29N3O3S/c1-18-8-10-21(11-9-18)29(27,28)25-16-14-24(15-17-25)19(2)22(26)23-13-12-20-6-4-3-5-7-20/h3-11,19H,12-17H2,1-2H3,(H,23,26)/t19-/m1/s1. The third kappa shape index (κ3) is 5.44. The lowest BCUT2D eigenvalue weighted by Gasteiger charge is -2.36. The molecule has 0 bridgehead atoms. The smallest absolute Gasteiger partial charge is 0.243 e. The number of aryl methyl sites for hydroxylation is 1. The van der Waals surface area contributed by atoms with Gasteiger partial charge in [0.05, 0.1) is 10.9 Å². The van der Waals surface area contributed by atoms with Crippen LogP contribution in [-0.2, 0) is 21.2 Å². The third-order valence-corrected chi connectivity index (χ3v) is 7.33. The van der Waals surface area contributed by atoms with Gasteiger partial charge in [-0.05, 0) is 38.0 Å². The van der Waals surface area contributed by atoms with Crippen LogP contribution in [0.2, 0.25) is 0 Å². The Hall–Kier alpha value is -2.22. The number of nitrogens with zero attached hydrogens (tertiary/aromatic N) is 2. The Balaban J connectivity index is 1.49. The first-order chi connectivity index (χ1) is 13.9. The Morgan fingerprint density at radius 2 is 1.62 bits per heavy atom. The van der Waals surface area contributed by atoms with E-state index in [1.807, 2.05) is 61.2 Å². The maximum absolute atomic E-state index is 12.8. The zero-order chi connectivity index (χ0) is 20.9.